The van der Waals surface area contributed by atoms with Crippen molar-refractivity contribution >= 4 is 12.6 Å². The van der Waals surface area contributed by atoms with Crippen LogP contribution >= 0.6 is 0 Å². The standard InChI is InChI=1S/C14H19BN4O2/c1-10-8-19(9-18-10)12-16-6-11(7-17-12)15-20-13(2,3)14(4,5)21-15/h6-9H,1-5H3/i1D3,6D,7D,8D,9D. The number of aryl methyl sites for hydroxylation is 1. The molecule has 6 nitrogen and oxygen atoms in total. The molecule has 1 saturated heterocycles. The van der Waals surface area contributed by atoms with Crippen molar-refractivity contribution in [3.8, 4) is 5.95 Å². The molecular formula is C14H19BN4O2. The third-order valence-corrected chi connectivity index (χ3v) is 3.72. The first-order valence-corrected chi connectivity index (χ1v) is 6.43. The lowest BCUT2D eigenvalue weighted by Gasteiger charge is -2.32. The van der Waals surface area contributed by atoms with Crippen molar-refractivity contribution in [2.75, 3.05) is 0 Å². The zero-order valence-electron chi connectivity index (χ0n) is 19.2. The van der Waals surface area contributed by atoms with Crippen molar-refractivity contribution < 1.29 is 18.9 Å². The zero-order chi connectivity index (χ0) is 21.2. The summed E-state index contributed by atoms with van der Waals surface area (Å²) in [5.41, 5.74) is -1.93. The average molecular weight is 293 g/mol. The highest BCUT2D eigenvalue weighted by molar-refractivity contribution is 6.61. The number of hydrogen-bond donors (Lipinski definition) is 0. The molecule has 0 bridgehead atoms. The molecule has 2 aromatic heterocycles. The first-order valence-electron chi connectivity index (χ1n) is 9.93. The fourth-order valence-electron chi connectivity index (χ4n) is 1.79. The Kier molecular flexibility index (Phi) is 1.78. The summed E-state index contributed by atoms with van der Waals surface area (Å²) in [5, 5.41) is 0. The summed E-state index contributed by atoms with van der Waals surface area (Å²) in [6.45, 7) is 4.63. The normalized spacial score (nSPS) is 25.3. The van der Waals surface area contributed by atoms with Gasteiger partial charge in [-0.15, -0.1) is 0 Å². The highest BCUT2D eigenvalue weighted by atomic mass is 16.7. The second-order valence-electron chi connectivity index (χ2n) is 5.76. The van der Waals surface area contributed by atoms with E-state index in [2.05, 4.69) is 15.0 Å². The van der Waals surface area contributed by atoms with Crippen LogP contribution in [-0.2, 0) is 9.31 Å². The highest BCUT2D eigenvalue weighted by Gasteiger charge is 2.51. The van der Waals surface area contributed by atoms with Crippen molar-refractivity contribution in [3.63, 3.8) is 0 Å². The van der Waals surface area contributed by atoms with Crippen LogP contribution in [0, 0.1) is 6.85 Å². The number of aromatic nitrogens is 4. The first kappa shape index (κ1) is 8.05. The van der Waals surface area contributed by atoms with Gasteiger partial charge in [0, 0.05) is 28.1 Å². The molecular weight excluding hydrogens is 267 g/mol. The third kappa shape index (κ3) is 2.47. The quantitative estimate of drug-likeness (QED) is 0.780. The molecule has 0 spiro atoms. The van der Waals surface area contributed by atoms with E-state index in [0.717, 1.165) is 4.57 Å². The molecule has 0 N–H and O–H groups in total. The van der Waals surface area contributed by atoms with Crippen LogP contribution in [0.4, 0.5) is 0 Å². The van der Waals surface area contributed by atoms with E-state index in [9.17, 15) is 0 Å². The van der Waals surface area contributed by atoms with E-state index in [1.807, 2.05) is 27.7 Å². The van der Waals surface area contributed by atoms with Gasteiger partial charge in [-0.1, -0.05) is 0 Å². The summed E-state index contributed by atoms with van der Waals surface area (Å²) in [6.07, 6.45) is -1.92. The van der Waals surface area contributed by atoms with E-state index in [4.69, 9.17) is 18.9 Å². The predicted octanol–water partition coefficient (Wildman–Crippen LogP) is 1.27. The van der Waals surface area contributed by atoms with Crippen molar-refractivity contribution in [2.24, 2.45) is 0 Å². The van der Waals surface area contributed by atoms with E-state index in [1.54, 1.807) is 0 Å². The molecule has 110 valence electrons. The monoisotopic (exact) mass is 293 g/mol. The van der Waals surface area contributed by atoms with E-state index in [-0.39, 0.29) is 23.8 Å². The van der Waals surface area contributed by atoms with E-state index in [0.29, 0.717) is 0 Å². The van der Waals surface area contributed by atoms with E-state index >= 15 is 0 Å². The molecule has 1 fully saturated rings. The van der Waals surface area contributed by atoms with Crippen LogP contribution in [0.1, 0.15) is 43.0 Å². The number of imidazole rings is 1. The molecule has 2 aromatic rings. The second kappa shape index (κ2) is 4.64. The molecule has 7 heteroatoms. The Morgan fingerprint density at radius 2 is 1.76 bits per heavy atom. The molecule has 1 aliphatic heterocycles. The molecule has 0 radical (unpaired) electrons. The fourth-order valence-corrected chi connectivity index (χ4v) is 1.79. The molecule has 0 saturated carbocycles. The van der Waals surface area contributed by atoms with Gasteiger partial charge in [0.25, 0.3) is 0 Å². The van der Waals surface area contributed by atoms with Gasteiger partial charge in [0.1, 0.15) is 7.67 Å². The largest absolute Gasteiger partial charge is 0.498 e. The van der Waals surface area contributed by atoms with Gasteiger partial charge in [0.2, 0.25) is 5.95 Å². The summed E-state index contributed by atoms with van der Waals surface area (Å²) < 4.78 is 66.9. The Labute approximate surface area is 134 Å². The number of rotatable bonds is 2. The van der Waals surface area contributed by atoms with Gasteiger partial charge in [-0.3, -0.25) is 4.57 Å². The summed E-state index contributed by atoms with van der Waals surface area (Å²) in [7, 11) is -1.02. The number of nitrogens with zero attached hydrogens (tertiary/aromatic N) is 4. The van der Waals surface area contributed by atoms with Gasteiger partial charge in [0.05, 0.1) is 21.0 Å². The van der Waals surface area contributed by atoms with E-state index in [1.165, 1.54) is 0 Å². The predicted molar refractivity (Wildman–Crippen MR) is 79.6 cm³/mol. The minimum atomic E-state index is -2.69. The molecule has 0 unspecified atom stereocenters. The molecule has 21 heavy (non-hydrogen) atoms. The highest BCUT2D eigenvalue weighted by Crippen LogP contribution is 2.36. The topological polar surface area (TPSA) is 62.1 Å². The Morgan fingerprint density at radius 3 is 2.29 bits per heavy atom. The maximum absolute atomic E-state index is 8.20. The lowest BCUT2D eigenvalue weighted by molar-refractivity contribution is 0.00578. The Morgan fingerprint density at radius 1 is 1.14 bits per heavy atom. The number of hydrogen-bond acceptors (Lipinski definition) is 5. The molecule has 0 aromatic carbocycles. The van der Waals surface area contributed by atoms with Gasteiger partial charge in [-0.05, 0) is 34.5 Å². The van der Waals surface area contributed by atoms with Crippen LogP contribution in [0.15, 0.2) is 24.8 Å². The maximum atomic E-state index is 8.20. The molecule has 3 rings (SSSR count). The lowest BCUT2D eigenvalue weighted by Crippen LogP contribution is -2.41. The van der Waals surface area contributed by atoms with Gasteiger partial charge in [-0.25, -0.2) is 15.0 Å². The molecule has 1 aliphatic rings. The lowest BCUT2D eigenvalue weighted by atomic mass is 9.81. The summed E-state index contributed by atoms with van der Waals surface area (Å²) in [4.78, 5) is 11.5. The van der Waals surface area contributed by atoms with Crippen LogP contribution < -0.4 is 5.46 Å². The minimum absolute atomic E-state index is 0.0108. The van der Waals surface area contributed by atoms with Crippen LogP contribution in [-0.4, -0.2) is 37.8 Å². The van der Waals surface area contributed by atoms with Crippen molar-refractivity contribution in [1.29, 1.82) is 0 Å². The first-order chi connectivity index (χ1) is 12.7. The summed E-state index contributed by atoms with van der Waals surface area (Å²) >= 11 is 0. The summed E-state index contributed by atoms with van der Waals surface area (Å²) in [5.74, 6) is -0.353. The van der Waals surface area contributed by atoms with Gasteiger partial charge < -0.3 is 9.31 Å². The Hall–Kier alpha value is -1.73. The molecule has 0 atom stereocenters. The fraction of sp³-hybridized carbons (Fsp3) is 0.500. The smallest absolute Gasteiger partial charge is 0.399 e. The average Bonchev–Trinajstić information content (AvgIpc) is 2.90. The molecule has 0 aliphatic carbocycles. The van der Waals surface area contributed by atoms with Crippen molar-refractivity contribution in [2.45, 2.75) is 45.7 Å². The van der Waals surface area contributed by atoms with Gasteiger partial charge >= 0.3 is 7.12 Å². The summed E-state index contributed by atoms with van der Waals surface area (Å²) in [6, 6.07) is 0. The minimum Gasteiger partial charge on any atom is -0.399 e. The van der Waals surface area contributed by atoms with Crippen LogP contribution in [0.2, 0.25) is 0 Å². The van der Waals surface area contributed by atoms with E-state index < -0.39 is 43.3 Å². The molecule has 3 heterocycles. The maximum Gasteiger partial charge on any atom is 0.498 e. The Bertz CT molecular complexity index is 905. The van der Waals surface area contributed by atoms with Crippen molar-refractivity contribution in [3.05, 3.63) is 30.5 Å². The van der Waals surface area contributed by atoms with Crippen LogP contribution in [0.5, 0.6) is 0 Å². The van der Waals surface area contributed by atoms with Gasteiger partial charge in [0.15, 0.2) is 0 Å². The SMILES string of the molecule is [2H]c1nc(-n2c([2H])nc(C([2H])([2H])[2H])c2[2H])nc([2H])c1B1OC(C)(C)C(C)(C)O1. The van der Waals surface area contributed by atoms with Crippen molar-refractivity contribution in [1.82, 2.24) is 19.5 Å². The third-order valence-electron chi connectivity index (χ3n) is 3.72. The van der Waals surface area contributed by atoms with Crippen LogP contribution in [0.3, 0.4) is 0 Å². The van der Waals surface area contributed by atoms with Crippen LogP contribution in [0.25, 0.3) is 5.95 Å². The van der Waals surface area contributed by atoms with Gasteiger partial charge in [-0.2, -0.15) is 0 Å². The Balaban J connectivity index is 2.07. The second-order valence-corrected chi connectivity index (χ2v) is 5.76. The zero-order valence-corrected chi connectivity index (χ0v) is 12.2. The molecule has 0 amide bonds.